The number of unbranched alkanes of at least 4 members (excludes halogenated alkanes) is 1. The van der Waals surface area contributed by atoms with E-state index < -0.39 is 22.8 Å². The van der Waals surface area contributed by atoms with Crippen LogP contribution in [0.4, 0.5) is 0 Å². The van der Waals surface area contributed by atoms with Gasteiger partial charge in [-0.05, 0) is 19.4 Å². The van der Waals surface area contributed by atoms with Crippen molar-refractivity contribution >= 4 is 12.0 Å². The van der Waals surface area contributed by atoms with Gasteiger partial charge in [0.05, 0.1) is 0 Å². The lowest BCUT2D eigenvalue weighted by atomic mass is 10.1. The predicted molar refractivity (Wildman–Crippen MR) is 67.6 cm³/mol. The highest BCUT2D eigenvalue weighted by atomic mass is 16.4. The van der Waals surface area contributed by atoms with Gasteiger partial charge in [-0.3, -0.25) is 9.59 Å². The Bertz CT molecular complexity index is 612. The number of rotatable bonds is 3. The zero-order valence-electron chi connectivity index (χ0n) is 10.7. The molecule has 2 heterocycles. The zero-order valence-corrected chi connectivity index (χ0v) is 10.7. The Morgan fingerprint density at radius 2 is 2.11 bits per heavy atom. The predicted octanol–water partition coefficient (Wildman–Crippen LogP) is 1.07. The molecule has 0 aromatic carbocycles. The molecule has 1 atom stereocenters. The molecule has 2 rings (SSSR count). The largest absolute Gasteiger partial charge is 0.502 e. The van der Waals surface area contributed by atoms with E-state index in [0.717, 1.165) is 12.8 Å². The van der Waals surface area contributed by atoms with Gasteiger partial charge >= 0.3 is 0 Å². The van der Waals surface area contributed by atoms with Crippen molar-refractivity contribution in [2.45, 2.75) is 32.4 Å². The number of hydrogen-bond donors (Lipinski definition) is 3. The molecule has 1 aromatic heterocycles. The monoisotopic (exact) mass is 265 g/mol. The van der Waals surface area contributed by atoms with Gasteiger partial charge in [0.2, 0.25) is 11.2 Å². The van der Waals surface area contributed by atoms with Gasteiger partial charge in [0, 0.05) is 0 Å². The van der Waals surface area contributed by atoms with E-state index in [0.29, 0.717) is 0 Å². The third-order valence-electron chi connectivity index (χ3n) is 2.87. The minimum absolute atomic E-state index is 0.0611. The van der Waals surface area contributed by atoms with Crippen LogP contribution in [0.2, 0.25) is 0 Å². The zero-order chi connectivity index (χ0) is 14.2. The van der Waals surface area contributed by atoms with E-state index in [4.69, 9.17) is 4.42 Å². The summed E-state index contributed by atoms with van der Waals surface area (Å²) in [5.74, 6) is -1.61. The van der Waals surface area contributed by atoms with Crippen LogP contribution in [0.1, 0.15) is 48.6 Å². The van der Waals surface area contributed by atoms with Crippen LogP contribution in [0, 0.1) is 0 Å². The fourth-order valence-electron chi connectivity index (χ4n) is 1.90. The Hall–Kier alpha value is -2.08. The molecular formula is C13H15NO5. The molecule has 1 amide bonds. The Morgan fingerprint density at radius 3 is 2.74 bits per heavy atom. The van der Waals surface area contributed by atoms with E-state index in [1.54, 1.807) is 6.08 Å². The van der Waals surface area contributed by atoms with Crippen molar-refractivity contribution in [2.24, 2.45) is 0 Å². The minimum atomic E-state index is -1.74. The van der Waals surface area contributed by atoms with Crippen molar-refractivity contribution in [1.29, 1.82) is 0 Å². The molecule has 1 aromatic rings. The number of carbonyl (C=O) groups excluding carboxylic acids is 1. The number of carbonyl (C=O) groups is 1. The summed E-state index contributed by atoms with van der Waals surface area (Å²) in [6.45, 7) is 3.28. The molecule has 0 fully saturated rings. The lowest BCUT2D eigenvalue weighted by molar-refractivity contribution is 0.0121. The molecule has 1 aliphatic rings. The maximum atomic E-state index is 11.9. The first-order valence-electron chi connectivity index (χ1n) is 6.00. The van der Waals surface area contributed by atoms with Crippen molar-refractivity contribution in [3.05, 3.63) is 33.4 Å². The molecule has 102 valence electrons. The average molecular weight is 265 g/mol. The van der Waals surface area contributed by atoms with Gasteiger partial charge in [-0.15, -0.1) is 0 Å². The van der Waals surface area contributed by atoms with Gasteiger partial charge in [0.1, 0.15) is 5.56 Å². The van der Waals surface area contributed by atoms with Crippen LogP contribution >= 0.6 is 0 Å². The van der Waals surface area contributed by atoms with Crippen molar-refractivity contribution < 1.29 is 19.4 Å². The number of nitrogens with one attached hydrogen (secondary N) is 1. The van der Waals surface area contributed by atoms with Crippen molar-refractivity contribution in [3.8, 4) is 5.75 Å². The normalized spacial score (nSPS) is 21.7. The third-order valence-corrected chi connectivity index (χ3v) is 2.87. The summed E-state index contributed by atoms with van der Waals surface area (Å²) in [5.41, 5.74) is -2.94. The maximum absolute atomic E-state index is 11.9. The number of fused-ring (bicyclic) bond motifs is 1. The fraction of sp³-hybridized carbons (Fsp3) is 0.385. The van der Waals surface area contributed by atoms with E-state index in [2.05, 4.69) is 5.32 Å². The Labute approximate surface area is 109 Å². The summed E-state index contributed by atoms with van der Waals surface area (Å²) in [6, 6.07) is 0. The van der Waals surface area contributed by atoms with Crippen LogP contribution in [0.25, 0.3) is 6.08 Å². The Morgan fingerprint density at radius 1 is 1.42 bits per heavy atom. The van der Waals surface area contributed by atoms with Crippen molar-refractivity contribution in [2.75, 3.05) is 0 Å². The average Bonchev–Trinajstić information content (AvgIpc) is 2.55. The SMILES string of the molecule is CCC/C=C/c1oc2c(c(=O)c1O)C(=O)N[C@@]2(C)O. The van der Waals surface area contributed by atoms with E-state index in [1.165, 1.54) is 13.0 Å². The summed E-state index contributed by atoms with van der Waals surface area (Å²) >= 11 is 0. The van der Waals surface area contributed by atoms with E-state index in [9.17, 15) is 19.8 Å². The minimum Gasteiger partial charge on any atom is -0.502 e. The van der Waals surface area contributed by atoms with E-state index >= 15 is 0 Å². The van der Waals surface area contributed by atoms with Crippen LogP contribution in [0.15, 0.2) is 15.3 Å². The molecule has 1 aliphatic heterocycles. The van der Waals surface area contributed by atoms with E-state index in [1.807, 2.05) is 6.92 Å². The number of aromatic hydroxyl groups is 1. The Kier molecular flexibility index (Phi) is 3.20. The van der Waals surface area contributed by atoms with Crippen LogP contribution in [0.3, 0.4) is 0 Å². The molecule has 0 saturated carbocycles. The summed E-state index contributed by atoms with van der Waals surface area (Å²) < 4.78 is 5.29. The second-order valence-electron chi connectivity index (χ2n) is 4.57. The summed E-state index contributed by atoms with van der Waals surface area (Å²) in [7, 11) is 0. The maximum Gasteiger partial charge on any atom is 0.261 e. The van der Waals surface area contributed by atoms with Gasteiger partial charge < -0.3 is 19.9 Å². The highest BCUT2D eigenvalue weighted by Crippen LogP contribution is 2.30. The molecule has 3 N–H and O–H groups in total. The highest BCUT2D eigenvalue weighted by Gasteiger charge is 2.43. The molecule has 6 heteroatoms. The highest BCUT2D eigenvalue weighted by molar-refractivity contribution is 5.99. The molecule has 0 unspecified atom stereocenters. The second kappa shape index (κ2) is 4.55. The van der Waals surface area contributed by atoms with Crippen LogP contribution in [0.5, 0.6) is 5.75 Å². The van der Waals surface area contributed by atoms with Gasteiger partial charge in [0.25, 0.3) is 5.91 Å². The van der Waals surface area contributed by atoms with Crippen LogP contribution in [-0.4, -0.2) is 16.1 Å². The standard InChI is InChI=1S/C13H15NO5/c1-3-4-5-6-7-9(15)10(16)8-11(19-7)13(2,18)14-12(8)17/h5-6,15,18H,3-4H2,1-2H3,(H,14,17)/b6-5+/t13-/m0/s1. The van der Waals surface area contributed by atoms with Gasteiger partial charge in [-0.2, -0.15) is 0 Å². The summed E-state index contributed by atoms with van der Waals surface area (Å²) in [4.78, 5) is 23.5. The second-order valence-corrected chi connectivity index (χ2v) is 4.57. The molecule has 0 saturated heterocycles. The quantitative estimate of drug-likeness (QED) is 0.759. The van der Waals surface area contributed by atoms with Crippen LogP contribution < -0.4 is 10.7 Å². The number of amides is 1. The molecule has 0 bridgehead atoms. The lowest BCUT2D eigenvalue weighted by Gasteiger charge is -2.15. The van der Waals surface area contributed by atoms with Gasteiger partial charge in [0.15, 0.2) is 17.2 Å². The first kappa shape index (κ1) is 13.4. The summed E-state index contributed by atoms with van der Waals surface area (Å²) in [5, 5.41) is 21.9. The van der Waals surface area contributed by atoms with Gasteiger partial charge in [-0.1, -0.05) is 19.4 Å². The third kappa shape index (κ3) is 2.15. The molecule has 0 aliphatic carbocycles. The smallest absolute Gasteiger partial charge is 0.261 e. The fourth-order valence-corrected chi connectivity index (χ4v) is 1.90. The van der Waals surface area contributed by atoms with Crippen molar-refractivity contribution in [1.82, 2.24) is 5.32 Å². The molecule has 0 spiro atoms. The van der Waals surface area contributed by atoms with Crippen molar-refractivity contribution in [3.63, 3.8) is 0 Å². The van der Waals surface area contributed by atoms with Crippen LogP contribution in [-0.2, 0) is 5.72 Å². The Balaban J connectivity index is 2.60. The lowest BCUT2D eigenvalue weighted by Crippen LogP contribution is -2.35. The number of hydrogen-bond acceptors (Lipinski definition) is 5. The van der Waals surface area contributed by atoms with E-state index in [-0.39, 0.29) is 17.1 Å². The first-order valence-corrected chi connectivity index (χ1v) is 6.00. The van der Waals surface area contributed by atoms with Gasteiger partial charge in [-0.25, -0.2) is 0 Å². The molecule has 6 nitrogen and oxygen atoms in total. The summed E-state index contributed by atoms with van der Waals surface area (Å²) in [6.07, 6.45) is 4.86. The molecular weight excluding hydrogens is 250 g/mol. The molecule has 0 radical (unpaired) electrons. The number of aliphatic hydroxyl groups is 1. The number of allylic oxidation sites excluding steroid dienone is 1. The molecule has 19 heavy (non-hydrogen) atoms. The first-order chi connectivity index (χ1) is 8.88. The topological polar surface area (TPSA) is 99.8 Å².